The van der Waals surface area contributed by atoms with Crippen LogP contribution in [-0.4, -0.2) is 0 Å². The van der Waals surface area contributed by atoms with Crippen LogP contribution < -0.4 is 5.32 Å². The van der Waals surface area contributed by atoms with E-state index < -0.39 is 0 Å². The van der Waals surface area contributed by atoms with Gasteiger partial charge in [0, 0.05) is 11.4 Å². The number of rotatable bonds is 20. The van der Waals surface area contributed by atoms with Crippen molar-refractivity contribution in [3.05, 3.63) is 59.7 Å². The number of nitrogens with one attached hydrogen (secondary N) is 1. The zero-order chi connectivity index (χ0) is 23.4. The molecule has 1 N–H and O–H groups in total. The molecule has 0 aliphatic rings. The Balaban J connectivity index is 1.57. The summed E-state index contributed by atoms with van der Waals surface area (Å²) in [5, 5.41) is 3.56. The Kier molecular flexibility index (Phi) is 15.5. The number of benzene rings is 2. The van der Waals surface area contributed by atoms with Crippen molar-refractivity contribution in [2.75, 3.05) is 5.32 Å². The Morgan fingerprint density at radius 1 is 0.394 bits per heavy atom. The van der Waals surface area contributed by atoms with Crippen molar-refractivity contribution in [1.29, 1.82) is 0 Å². The van der Waals surface area contributed by atoms with Gasteiger partial charge in [-0.1, -0.05) is 128 Å². The van der Waals surface area contributed by atoms with E-state index >= 15 is 0 Å². The summed E-state index contributed by atoms with van der Waals surface area (Å²) in [4.78, 5) is 0. The molecule has 2 rings (SSSR count). The van der Waals surface area contributed by atoms with Gasteiger partial charge in [-0.05, 0) is 61.1 Å². The first kappa shape index (κ1) is 27.5. The lowest BCUT2D eigenvalue weighted by Crippen LogP contribution is -1.93. The van der Waals surface area contributed by atoms with Crippen molar-refractivity contribution < 1.29 is 0 Å². The lowest BCUT2D eigenvalue weighted by atomic mass is 10.0. The van der Waals surface area contributed by atoms with Crippen LogP contribution in [0.2, 0.25) is 0 Å². The molecule has 0 unspecified atom stereocenters. The smallest absolute Gasteiger partial charge is 0.0384 e. The summed E-state index contributed by atoms with van der Waals surface area (Å²) in [7, 11) is 0. The summed E-state index contributed by atoms with van der Waals surface area (Å²) >= 11 is 0. The van der Waals surface area contributed by atoms with E-state index in [-0.39, 0.29) is 0 Å². The minimum absolute atomic E-state index is 1.19. The first-order chi connectivity index (χ1) is 16.3. The van der Waals surface area contributed by atoms with Crippen molar-refractivity contribution in [3.63, 3.8) is 0 Å². The molecule has 0 aliphatic carbocycles. The van der Waals surface area contributed by atoms with Crippen LogP contribution in [0.15, 0.2) is 48.5 Å². The molecular formula is C32H51N. The molecule has 1 nitrogen and oxygen atoms in total. The fraction of sp³-hybridized carbons (Fsp3) is 0.625. The van der Waals surface area contributed by atoms with Gasteiger partial charge in [-0.25, -0.2) is 0 Å². The monoisotopic (exact) mass is 449 g/mol. The summed E-state index contributed by atoms with van der Waals surface area (Å²) in [6, 6.07) is 18.1. The molecule has 0 bridgehead atoms. The van der Waals surface area contributed by atoms with E-state index in [2.05, 4.69) is 67.7 Å². The molecule has 0 fully saturated rings. The summed E-state index contributed by atoms with van der Waals surface area (Å²) in [6.45, 7) is 4.57. The van der Waals surface area contributed by atoms with Gasteiger partial charge >= 0.3 is 0 Å². The molecule has 33 heavy (non-hydrogen) atoms. The minimum atomic E-state index is 1.19. The Morgan fingerprint density at radius 3 is 1.03 bits per heavy atom. The Bertz CT molecular complexity index is 624. The predicted molar refractivity (Wildman–Crippen MR) is 149 cm³/mol. The van der Waals surface area contributed by atoms with Crippen molar-refractivity contribution in [1.82, 2.24) is 0 Å². The second kappa shape index (κ2) is 18.6. The van der Waals surface area contributed by atoms with Gasteiger partial charge in [0.15, 0.2) is 0 Å². The largest absolute Gasteiger partial charge is 0.356 e. The molecule has 1 heteroatoms. The topological polar surface area (TPSA) is 12.0 Å². The number of aryl methyl sites for hydroxylation is 2. The molecule has 0 atom stereocenters. The quantitative estimate of drug-likeness (QED) is 0.198. The van der Waals surface area contributed by atoms with Crippen molar-refractivity contribution in [2.45, 2.75) is 129 Å². The van der Waals surface area contributed by atoms with E-state index in [4.69, 9.17) is 0 Å². The molecule has 0 saturated carbocycles. The zero-order valence-corrected chi connectivity index (χ0v) is 21.8. The van der Waals surface area contributed by atoms with E-state index in [0.29, 0.717) is 0 Å². The Hall–Kier alpha value is -1.76. The van der Waals surface area contributed by atoms with E-state index in [1.165, 1.54) is 138 Å². The zero-order valence-electron chi connectivity index (χ0n) is 21.8. The molecule has 0 aliphatic heterocycles. The lowest BCUT2D eigenvalue weighted by Gasteiger charge is -2.09. The number of anilines is 2. The average molecular weight is 450 g/mol. The first-order valence-electron chi connectivity index (χ1n) is 14.3. The molecule has 2 aromatic carbocycles. The summed E-state index contributed by atoms with van der Waals surface area (Å²) in [5.41, 5.74) is 5.30. The molecule has 0 amide bonds. The van der Waals surface area contributed by atoms with E-state index in [1.54, 1.807) is 0 Å². The first-order valence-corrected chi connectivity index (χ1v) is 14.3. The van der Waals surface area contributed by atoms with Crippen LogP contribution >= 0.6 is 0 Å². The second-order valence-corrected chi connectivity index (χ2v) is 9.97. The van der Waals surface area contributed by atoms with Gasteiger partial charge in [-0.15, -0.1) is 0 Å². The van der Waals surface area contributed by atoms with E-state index in [9.17, 15) is 0 Å². The lowest BCUT2D eigenvalue weighted by molar-refractivity contribution is 0.575. The highest BCUT2D eigenvalue weighted by Crippen LogP contribution is 2.20. The van der Waals surface area contributed by atoms with Crippen LogP contribution in [0.4, 0.5) is 11.4 Å². The normalized spacial score (nSPS) is 11.1. The molecule has 0 radical (unpaired) electrons. The maximum Gasteiger partial charge on any atom is 0.0384 e. The third kappa shape index (κ3) is 13.5. The number of hydrogen-bond donors (Lipinski definition) is 1. The van der Waals surface area contributed by atoms with Crippen molar-refractivity contribution in [3.8, 4) is 0 Å². The third-order valence-corrected chi connectivity index (χ3v) is 6.83. The number of unbranched alkanes of at least 4 members (excludes halogenated alkanes) is 14. The maximum atomic E-state index is 3.56. The van der Waals surface area contributed by atoms with Gasteiger partial charge in [-0.3, -0.25) is 0 Å². The SMILES string of the molecule is CCCCCCCCCCc1ccc(Nc2ccc(CCCCCCCCCC)cc2)cc1. The Labute approximate surface area is 205 Å². The van der Waals surface area contributed by atoms with Crippen molar-refractivity contribution in [2.24, 2.45) is 0 Å². The van der Waals surface area contributed by atoms with Gasteiger partial charge in [0.25, 0.3) is 0 Å². The fourth-order valence-corrected chi connectivity index (χ4v) is 4.60. The van der Waals surface area contributed by atoms with Crippen LogP contribution in [-0.2, 0) is 12.8 Å². The van der Waals surface area contributed by atoms with Gasteiger partial charge in [0.05, 0.1) is 0 Å². The predicted octanol–water partition coefficient (Wildman–Crippen LogP) is 10.8. The van der Waals surface area contributed by atoms with Crippen LogP contribution in [0, 0.1) is 0 Å². The summed E-state index contributed by atoms with van der Waals surface area (Å²) in [5.74, 6) is 0. The summed E-state index contributed by atoms with van der Waals surface area (Å²) in [6.07, 6.45) is 24.6. The maximum absolute atomic E-state index is 3.56. The average Bonchev–Trinajstić information content (AvgIpc) is 2.84. The molecule has 2 aromatic rings. The number of hydrogen-bond acceptors (Lipinski definition) is 1. The van der Waals surface area contributed by atoms with E-state index in [1.807, 2.05) is 0 Å². The van der Waals surface area contributed by atoms with E-state index in [0.717, 1.165) is 0 Å². The molecule has 0 spiro atoms. The van der Waals surface area contributed by atoms with Crippen LogP contribution in [0.3, 0.4) is 0 Å². The third-order valence-electron chi connectivity index (χ3n) is 6.83. The summed E-state index contributed by atoms with van der Waals surface area (Å²) < 4.78 is 0. The highest BCUT2D eigenvalue weighted by molar-refractivity contribution is 5.60. The van der Waals surface area contributed by atoms with Gasteiger partial charge < -0.3 is 5.32 Å². The molecular weight excluding hydrogens is 398 g/mol. The van der Waals surface area contributed by atoms with Gasteiger partial charge in [-0.2, -0.15) is 0 Å². The standard InChI is InChI=1S/C32H51N/c1-3-5-7-9-11-13-15-17-19-29-21-25-31(26-22-29)33-32-27-23-30(24-28-32)20-18-16-14-12-10-8-6-4-2/h21-28,33H,3-20H2,1-2H3. The molecule has 0 saturated heterocycles. The van der Waals surface area contributed by atoms with Crippen molar-refractivity contribution >= 4 is 11.4 Å². The second-order valence-electron chi connectivity index (χ2n) is 9.97. The fourth-order valence-electron chi connectivity index (χ4n) is 4.60. The van der Waals surface area contributed by atoms with Crippen LogP contribution in [0.5, 0.6) is 0 Å². The van der Waals surface area contributed by atoms with Crippen LogP contribution in [0.1, 0.15) is 128 Å². The molecule has 0 heterocycles. The molecule has 184 valence electrons. The van der Waals surface area contributed by atoms with Gasteiger partial charge in [0.1, 0.15) is 0 Å². The Morgan fingerprint density at radius 2 is 0.697 bits per heavy atom. The van der Waals surface area contributed by atoms with Crippen LogP contribution in [0.25, 0.3) is 0 Å². The van der Waals surface area contributed by atoms with Gasteiger partial charge in [0.2, 0.25) is 0 Å². The highest BCUT2D eigenvalue weighted by atomic mass is 14.9. The molecule has 0 aromatic heterocycles. The minimum Gasteiger partial charge on any atom is -0.356 e. The highest BCUT2D eigenvalue weighted by Gasteiger charge is 1.99.